The van der Waals surface area contributed by atoms with Crippen LogP contribution in [-0.4, -0.2) is 35.7 Å². The molecular formula is C32H29BrN6O4. The monoisotopic (exact) mass is 640 g/mol. The molecule has 0 bridgehead atoms. The molecule has 0 aromatic heterocycles. The molecule has 0 saturated heterocycles. The van der Waals surface area contributed by atoms with Gasteiger partial charge >= 0.3 is 0 Å². The average molecular weight is 642 g/mol. The molecule has 0 saturated carbocycles. The lowest BCUT2D eigenvalue weighted by Crippen LogP contribution is -2.51. The maximum atomic E-state index is 14.3. The fourth-order valence-electron chi connectivity index (χ4n) is 4.78. The number of aliphatic hydroxyl groups excluding tert-OH is 1. The van der Waals surface area contributed by atoms with Gasteiger partial charge in [0.1, 0.15) is 5.75 Å². The van der Waals surface area contributed by atoms with Gasteiger partial charge in [0.15, 0.2) is 11.6 Å². The molecule has 0 unspecified atom stereocenters. The largest absolute Gasteiger partial charge is 0.494 e. The van der Waals surface area contributed by atoms with Gasteiger partial charge in [-0.05, 0) is 59.6 Å². The molecule has 4 aromatic carbocycles. The molecule has 218 valence electrons. The zero-order chi connectivity index (χ0) is 30.1. The molecule has 1 heterocycles. The summed E-state index contributed by atoms with van der Waals surface area (Å²) in [6.45, 7) is 0.430. The third kappa shape index (κ3) is 6.98. The van der Waals surface area contributed by atoms with Crippen LogP contribution in [0.5, 0.6) is 5.75 Å². The molecule has 5 rings (SSSR count). The Morgan fingerprint density at radius 2 is 1.74 bits per heavy atom. The Kier molecular flexibility index (Phi) is 9.58. The molecule has 0 aliphatic carbocycles. The highest BCUT2D eigenvalue weighted by Crippen LogP contribution is 2.45. The molecule has 4 aromatic rings. The van der Waals surface area contributed by atoms with Gasteiger partial charge in [0, 0.05) is 45.6 Å². The van der Waals surface area contributed by atoms with E-state index in [-0.39, 0.29) is 18.9 Å². The molecule has 10 nitrogen and oxygen atoms in total. The standard InChI is InChI=1S/C32H29BrN6O4/c33-24-15-11-22(12-16-24)21-32(31(41)38-36-25-7-2-1-3-8-25)29(27-9-4-5-10-28(27)37-39-34)43-30(35-32)23-13-17-26(18-14-23)42-20-6-19-40/h1-5,7-18,29,36,40H,6,19-21H2,(H,38,41)/t29-,32-/m0/s1. The van der Waals surface area contributed by atoms with Crippen LogP contribution in [0.2, 0.25) is 0 Å². The van der Waals surface area contributed by atoms with E-state index in [9.17, 15) is 10.3 Å². The number of azide groups is 1. The van der Waals surface area contributed by atoms with E-state index in [4.69, 9.17) is 19.6 Å². The zero-order valence-electron chi connectivity index (χ0n) is 23.1. The van der Waals surface area contributed by atoms with Crippen molar-refractivity contribution in [3.8, 4) is 5.75 Å². The van der Waals surface area contributed by atoms with Gasteiger partial charge in [0.05, 0.1) is 12.3 Å². The van der Waals surface area contributed by atoms with Crippen LogP contribution in [0, 0.1) is 0 Å². The molecule has 1 aliphatic heterocycles. The van der Waals surface area contributed by atoms with Crippen LogP contribution in [0.15, 0.2) is 118 Å². The summed E-state index contributed by atoms with van der Waals surface area (Å²) in [6, 6.07) is 31.1. The highest BCUT2D eigenvalue weighted by atomic mass is 79.9. The number of hydrazine groups is 1. The van der Waals surface area contributed by atoms with E-state index in [1.165, 1.54) is 0 Å². The minimum Gasteiger partial charge on any atom is -0.494 e. The number of aliphatic imine (C=N–C) groups is 1. The SMILES string of the molecule is [N-]=[N+]=Nc1ccccc1[C@@H]1OC(c2ccc(OCCCO)cc2)=N[C@]1(Cc1ccc(Br)cc1)C(=O)NNc1ccccc1. The molecule has 1 amide bonds. The van der Waals surface area contributed by atoms with Crippen LogP contribution in [0.3, 0.4) is 0 Å². The van der Waals surface area contributed by atoms with Crippen LogP contribution < -0.4 is 15.6 Å². The maximum absolute atomic E-state index is 14.3. The topological polar surface area (TPSA) is 141 Å². The number of hydrogen-bond donors (Lipinski definition) is 3. The average Bonchev–Trinajstić information content (AvgIpc) is 3.42. The van der Waals surface area contributed by atoms with Gasteiger partial charge in [0.2, 0.25) is 5.90 Å². The van der Waals surface area contributed by atoms with Gasteiger partial charge in [-0.1, -0.05) is 75.6 Å². The van der Waals surface area contributed by atoms with Crippen LogP contribution in [0.25, 0.3) is 10.4 Å². The maximum Gasteiger partial charge on any atom is 0.270 e. The first-order valence-electron chi connectivity index (χ1n) is 13.6. The Morgan fingerprint density at radius 1 is 1.02 bits per heavy atom. The van der Waals surface area contributed by atoms with Crippen molar-refractivity contribution in [2.24, 2.45) is 10.1 Å². The van der Waals surface area contributed by atoms with Crippen LogP contribution in [0.1, 0.15) is 29.2 Å². The Balaban J connectivity index is 1.60. The number of anilines is 1. The van der Waals surface area contributed by atoms with Gasteiger partial charge in [-0.25, -0.2) is 4.99 Å². The summed E-state index contributed by atoms with van der Waals surface area (Å²) in [5, 5.41) is 12.9. The summed E-state index contributed by atoms with van der Waals surface area (Å²) >= 11 is 3.48. The fourth-order valence-corrected chi connectivity index (χ4v) is 5.04. The van der Waals surface area contributed by atoms with Crippen molar-refractivity contribution in [2.45, 2.75) is 24.5 Å². The molecule has 2 atom stereocenters. The Bertz CT molecular complexity index is 1630. The predicted molar refractivity (Wildman–Crippen MR) is 168 cm³/mol. The van der Waals surface area contributed by atoms with Crippen molar-refractivity contribution < 1.29 is 19.4 Å². The normalized spacial score (nSPS) is 17.3. The number of halogens is 1. The molecule has 0 radical (unpaired) electrons. The van der Waals surface area contributed by atoms with Crippen LogP contribution in [-0.2, 0) is 16.0 Å². The number of ether oxygens (including phenoxy) is 2. The zero-order valence-corrected chi connectivity index (χ0v) is 24.6. The fraction of sp³-hybridized carbons (Fsp3) is 0.188. The van der Waals surface area contributed by atoms with Crippen LogP contribution in [0.4, 0.5) is 11.4 Å². The molecule has 1 aliphatic rings. The van der Waals surface area contributed by atoms with Crippen molar-refractivity contribution in [3.05, 3.63) is 135 Å². The molecule has 0 spiro atoms. The first-order valence-corrected chi connectivity index (χ1v) is 14.4. The number of benzene rings is 4. The summed E-state index contributed by atoms with van der Waals surface area (Å²) in [7, 11) is 0. The van der Waals surface area contributed by atoms with Gasteiger partial charge in [-0.15, -0.1) is 0 Å². The van der Waals surface area contributed by atoms with E-state index in [1.54, 1.807) is 48.5 Å². The summed E-state index contributed by atoms with van der Waals surface area (Å²) in [5.41, 5.74) is 16.7. The minimum absolute atomic E-state index is 0.0447. The van der Waals surface area contributed by atoms with Gasteiger partial charge in [-0.2, -0.15) is 0 Å². The molecule has 11 heteroatoms. The number of hydrogen-bond acceptors (Lipinski definition) is 7. The van der Waals surface area contributed by atoms with Crippen molar-refractivity contribution in [1.82, 2.24) is 5.43 Å². The number of rotatable bonds is 12. The first kappa shape index (κ1) is 29.7. The Morgan fingerprint density at radius 3 is 2.47 bits per heavy atom. The van der Waals surface area contributed by atoms with Crippen molar-refractivity contribution >= 4 is 39.1 Å². The van der Waals surface area contributed by atoms with Crippen molar-refractivity contribution in [1.29, 1.82) is 0 Å². The quantitative estimate of drug-likeness (QED) is 0.0514. The number of para-hydroxylation sites is 1. The van der Waals surface area contributed by atoms with Gasteiger partial charge in [0.25, 0.3) is 5.91 Å². The highest BCUT2D eigenvalue weighted by molar-refractivity contribution is 9.10. The minimum atomic E-state index is -1.50. The van der Waals surface area contributed by atoms with Gasteiger partial charge < -0.3 is 14.6 Å². The summed E-state index contributed by atoms with van der Waals surface area (Å²) in [6.07, 6.45) is -0.232. The number of nitrogens with one attached hydrogen (secondary N) is 2. The van der Waals surface area contributed by atoms with Crippen molar-refractivity contribution in [3.63, 3.8) is 0 Å². The van der Waals surface area contributed by atoms with Crippen molar-refractivity contribution in [2.75, 3.05) is 18.6 Å². The first-order chi connectivity index (χ1) is 21.0. The number of aliphatic hydroxyl groups is 1. The Hall–Kier alpha value is -4.83. The summed E-state index contributed by atoms with van der Waals surface area (Å²) in [5.74, 6) is 0.459. The number of carbonyl (C=O) groups is 1. The lowest BCUT2D eigenvalue weighted by atomic mass is 9.81. The van der Waals surface area contributed by atoms with E-state index in [0.29, 0.717) is 41.3 Å². The lowest BCUT2D eigenvalue weighted by molar-refractivity contribution is -0.128. The second-order valence-corrected chi connectivity index (χ2v) is 10.7. The number of amides is 1. The second-order valence-electron chi connectivity index (χ2n) is 9.79. The van der Waals surface area contributed by atoms with Crippen LogP contribution >= 0.6 is 15.9 Å². The van der Waals surface area contributed by atoms with E-state index >= 15 is 0 Å². The van der Waals surface area contributed by atoms with E-state index in [1.807, 2.05) is 54.6 Å². The molecule has 0 fully saturated rings. The predicted octanol–water partition coefficient (Wildman–Crippen LogP) is 6.80. The summed E-state index contributed by atoms with van der Waals surface area (Å²) in [4.78, 5) is 22.3. The number of nitrogens with zero attached hydrogens (tertiary/aromatic N) is 4. The van der Waals surface area contributed by atoms with E-state index in [0.717, 1.165) is 10.0 Å². The molecular weight excluding hydrogens is 612 g/mol. The lowest BCUT2D eigenvalue weighted by Gasteiger charge is -2.31. The third-order valence-electron chi connectivity index (χ3n) is 6.88. The van der Waals surface area contributed by atoms with E-state index < -0.39 is 17.6 Å². The van der Waals surface area contributed by atoms with E-state index in [2.05, 4.69) is 36.8 Å². The number of carbonyl (C=O) groups excluding carboxylic acids is 1. The Labute approximate surface area is 257 Å². The second kappa shape index (κ2) is 13.9. The van der Waals surface area contributed by atoms with Gasteiger partial charge in [-0.3, -0.25) is 15.6 Å². The molecule has 43 heavy (non-hydrogen) atoms. The molecule has 3 N–H and O–H groups in total. The highest BCUT2D eigenvalue weighted by Gasteiger charge is 2.54. The third-order valence-corrected chi connectivity index (χ3v) is 7.41. The smallest absolute Gasteiger partial charge is 0.270 e. The summed E-state index contributed by atoms with van der Waals surface area (Å²) < 4.78 is 13.1.